The molecule has 0 spiro atoms. The van der Waals surface area contributed by atoms with Crippen LogP contribution in [0, 0.1) is 0 Å². The van der Waals surface area contributed by atoms with Gasteiger partial charge in [-0.25, -0.2) is 4.98 Å². The molecule has 5 heteroatoms. The number of fused-ring (bicyclic) bond motifs is 1. The van der Waals surface area contributed by atoms with Crippen LogP contribution in [-0.4, -0.2) is 40.1 Å². The van der Waals surface area contributed by atoms with Crippen molar-refractivity contribution < 1.29 is 9.53 Å². The molecule has 1 aliphatic heterocycles. The topological polar surface area (TPSA) is 47.4 Å². The fourth-order valence-corrected chi connectivity index (χ4v) is 5.35. The Morgan fingerprint density at radius 3 is 2.51 bits per heavy atom. The molecule has 0 bridgehead atoms. The van der Waals surface area contributed by atoms with Gasteiger partial charge in [0.2, 0.25) is 5.91 Å². The molecule has 1 aliphatic rings. The minimum Gasteiger partial charge on any atom is -0.493 e. The number of carbonyl (C=O) groups excluding carboxylic acids is 1. The number of benzene rings is 3. The number of imidazole rings is 1. The number of unbranched alkanes of at least 4 members (excludes halogenated alkanes) is 1. The molecule has 2 heterocycles. The number of aryl methyl sites for hydroxylation is 1. The monoisotopic (exact) mass is 495 g/mol. The fourth-order valence-electron chi connectivity index (χ4n) is 5.35. The predicted molar refractivity (Wildman–Crippen MR) is 149 cm³/mol. The SMILES string of the molecule is CC(C)c1ccccc1OCCCCn1c(C2CC(=O)N(CCc3ccccc3)C2)nc2ccccc21. The van der Waals surface area contributed by atoms with Gasteiger partial charge >= 0.3 is 0 Å². The van der Waals surface area contributed by atoms with E-state index in [1.165, 1.54) is 11.1 Å². The average Bonchev–Trinajstić information content (AvgIpc) is 3.48. The first kappa shape index (κ1) is 25.1. The van der Waals surface area contributed by atoms with Crippen LogP contribution in [-0.2, 0) is 17.8 Å². The van der Waals surface area contributed by atoms with Crippen molar-refractivity contribution in [2.24, 2.45) is 0 Å². The van der Waals surface area contributed by atoms with Gasteiger partial charge in [-0.05, 0) is 54.5 Å². The summed E-state index contributed by atoms with van der Waals surface area (Å²) in [4.78, 5) is 19.9. The summed E-state index contributed by atoms with van der Waals surface area (Å²) in [6.45, 7) is 7.47. The number of hydrogen-bond acceptors (Lipinski definition) is 3. The Labute approximate surface area is 220 Å². The maximum absolute atomic E-state index is 12.9. The molecule has 1 fully saturated rings. The molecule has 0 aliphatic carbocycles. The number of carbonyl (C=O) groups is 1. The molecule has 1 aromatic heterocycles. The molecule has 192 valence electrons. The van der Waals surface area contributed by atoms with Gasteiger partial charge in [0.1, 0.15) is 11.6 Å². The largest absolute Gasteiger partial charge is 0.493 e. The summed E-state index contributed by atoms with van der Waals surface area (Å²) in [5, 5.41) is 0. The second-order valence-electron chi connectivity index (χ2n) is 10.3. The van der Waals surface area contributed by atoms with Gasteiger partial charge in [0.25, 0.3) is 0 Å². The van der Waals surface area contributed by atoms with Gasteiger partial charge in [-0.15, -0.1) is 0 Å². The maximum Gasteiger partial charge on any atom is 0.223 e. The molecule has 1 amide bonds. The molecule has 1 saturated heterocycles. The van der Waals surface area contributed by atoms with E-state index in [2.05, 4.69) is 79.1 Å². The second-order valence-corrected chi connectivity index (χ2v) is 10.3. The molecule has 0 N–H and O–H groups in total. The molecule has 1 unspecified atom stereocenters. The normalized spacial score (nSPS) is 15.7. The van der Waals surface area contributed by atoms with Gasteiger partial charge in [0, 0.05) is 32.0 Å². The summed E-state index contributed by atoms with van der Waals surface area (Å²) in [7, 11) is 0. The van der Waals surface area contributed by atoms with Gasteiger partial charge in [0.15, 0.2) is 0 Å². The number of rotatable bonds is 11. The molecule has 3 aromatic carbocycles. The Hall–Kier alpha value is -3.60. The summed E-state index contributed by atoms with van der Waals surface area (Å²) >= 11 is 0. The first-order valence-corrected chi connectivity index (χ1v) is 13.6. The Balaban J connectivity index is 1.23. The lowest BCUT2D eigenvalue weighted by Crippen LogP contribution is -2.27. The molecule has 1 atom stereocenters. The van der Waals surface area contributed by atoms with E-state index in [0.29, 0.717) is 18.9 Å². The Bertz CT molecular complexity index is 1330. The van der Waals surface area contributed by atoms with E-state index in [4.69, 9.17) is 9.72 Å². The molecule has 0 radical (unpaired) electrons. The number of ether oxygens (including phenoxy) is 1. The average molecular weight is 496 g/mol. The molecular formula is C32H37N3O2. The van der Waals surface area contributed by atoms with E-state index in [-0.39, 0.29) is 11.8 Å². The molecule has 4 aromatic rings. The van der Waals surface area contributed by atoms with E-state index in [1.54, 1.807) is 0 Å². The number of aromatic nitrogens is 2. The van der Waals surface area contributed by atoms with Crippen molar-refractivity contribution in [1.82, 2.24) is 14.5 Å². The minimum atomic E-state index is 0.129. The fraction of sp³-hybridized carbons (Fsp3) is 0.375. The standard InChI is InChI=1S/C32H37N3O2/c1-24(2)27-14-6-9-17-30(27)37-21-11-10-19-35-29-16-8-7-15-28(29)33-32(35)26-22-31(36)34(23-26)20-18-25-12-4-3-5-13-25/h3-9,12-17,24,26H,10-11,18-23H2,1-2H3. The quantitative estimate of drug-likeness (QED) is 0.221. The summed E-state index contributed by atoms with van der Waals surface area (Å²) in [6.07, 6.45) is 3.38. The van der Waals surface area contributed by atoms with Crippen LogP contribution in [0.3, 0.4) is 0 Å². The van der Waals surface area contributed by atoms with Crippen LogP contribution in [0.1, 0.15) is 61.9 Å². The lowest BCUT2D eigenvalue weighted by molar-refractivity contribution is -0.127. The highest BCUT2D eigenvalue weighted by molar-refractivity contribution is 5.81. The lowest BCUT2D eigenvalue weighted by atomic mass is 10.0. The van der Waals surface area contributed by atoms with Gasteiger partial charge in [-0.2, -0.15) is 0 Å². The number of nitrogens with zero attached hydrogens (tertiary/aromatic N) is 3. The first-order valence-electron chi connectivity index (χ1n) is 13.6. The smallest absolute Gasteiger partial charge is 0.223 e. The highest BCUT2D eigenvalue weighted by atomic mass is 16.5. The van der Waals surface area contributed by atoms with Gasteiger partial charge < -0.3 is 14.2 Å². The summed E-state index contributed by atoms with van der Waals surface area (Å²) in [5.41, 5.74) is 4.69. The highest BCUT2D eigenvalue weighted by Gasteiger charge is 2.33. The Morgan fingerprint density at radius 1 is 0.919 bits per heavy atom. The van der Waals surface area contributed by atoms with Crippen molar-refractivity contribution in [2.75, 3.05) is 19.7 Å². The van der Waals surface area contributed by atoms with Crippen molar-refractivity contribution in [2.45, 2.75) is 57.9 Å². The van der Waals surface area contributed by atoms with Gasteiger partial charge in [0.05, 0.1) is 17.6 Å². The van der Waals surface area contributed by atoms with Crippen molar-refractivity contribution in [3.63, 3.8) is 0 Å². The molecule has 5 nitrogen and oxygen atoms in total. The predicted octanol–water partition coefficient (Wildman–Crippen LogP) is 6.58. The number of likely N-dealkylation sites (tertiary alicyclic amines) is 1. The van der Waals surface area contributed by atoms with E-state index < -0.39 is 0 Å². The van der Waals surface area contributed by atoms with E-state index in [0.717, 1.165) is 61.5 Å². The van der Waals surface area contributed by atoms with Crippen molar-refractivity contribution in [1.29, 1.82) is 0 Å². The highest BCUT2D eigenvalue weighted by Crippen LogP contribution is 2.31. The van der Waals surface area contributed by atoms with Crippen LogP contribution >= 0.6 is 0 Å². The van der Waals surface area contributed by atoms with Crippen molar-refractivity contribution >= 4 is 16.9 Å². The Kier molecular flexibility index (Phi) is 7.88. The summed E-state index contributed by atoms with van der Waals surface area (Å²) in [5.74, 6) is 2.84. The summed E-state index contributed by atoms with van der Waals surface area (Å²) < 4.78 is 8.49. The first-order chi connectivity index (χ1) is 18.1. The number of para-hydroxylation sites is 3. The third-order valence-electron chi connectivity index (χ3n) is 7.35. The Morgan fingerprint density at radius 2 is 1.68 bits per heavy atom. The lowest BCUT2D eigenvalue weighted by Gasteiger charge is -2.17. The third-order valence-corrected chi connectivity index (χ3v) is 7.35. The summed E-state index contributed by atoms with van der Waals surface area (Å²) in [6, 6.07) is 27.1. The van der Waals surface area contributed by atoms with E-state index in [1.807, 2.05) is 23.1 Å². The second kappa shape index (κ2) is 11.6. The minimum absolute atomic E-state index is 0.129. The molecule has 0 saturated carbocycles. The maximum atomic E-state index is 12.9. The van der Waals surface area contributed by atoms with Gasteiger partial charge in [-0.3, -0.25) is 4.79 Å². The van der Waals surface area contributed by atoms with Crippen LogP contribution in [0.2, 0.25) is 0 Å². The zero-order valence-corrected chi connectivity index (χ0v) is 22.0. The van der Waals surface area contributed by atoms with Crippen LogP contribution in [0.25, 0.3) is 11.0 Å². The zero-order valence-electron chi connectivity index (χ0n) is 22.0. The van der Waals surface area contributed by atoms with E-state index in [9.17, 15) is 4.79 Å². The van der Waals surface area contributed by atoms with Crippen LogP contribution in [0.5, 0.6) is 5.75 Å². The van der Waals surface area contributed by atoms with Crippen LogP contribution in [0.4, 0.5) is 0 Å². The number of hydrogen-bond donors (Lipinski definition) is 0. The zero-order chi connectivity index (χ0) is 25.6. The van der Waals surface area contributed by atoms with E-state index >= 15 is 0 Å². The molecular weight excluding hydrogens is 458 g/mol. The molecule has 37 heavy (non-hydrogen) atoms. The van der Waals surface area contributed by atoms with Crippen LogP contribution in [0.15, 0.2) is 78.9 Å². The van der Waals surface area contributed by atoms with Gasteiger partial charge in [-0.1, -0.05) is 74.5 Å². The van der Waals surface area contributed by atoms with Crippen molar-refractivity contribution in [3.8, 4) is 5.75 Å². The number of amides is 1. The van der Waals surface area contributed by atoms with Crippen molar-refractivity contribution in [3.05, 3.63) is 95.8 Å². The molecule has 5 rings (SSSR count). The third kappa shape index (κ3) is 5.87. The van der Waals surface area contributed by atoms with Crippen LogP contribution < -0.4 is 4.74 Å².